The zero-order chi connectivity index (χ0) is 17.3. The number of guanidine groups is 1. The zero-order valence-corrected chi connectivity index (χ0v) is 15.0. The Hall–Kier alpha value is -1.60. The maximum Gasteiger partial charge on any atom is 0.191 e. The largest absolute Gasteiger partial charge is 0.386 e. The molecular formula is C17H29N5O2. The van der Waals surface area contributed by atoms with Crippen LogP contribution in [-0.2, 0) is 11.8 Å². The molecule has 1 saturated carbocycles. The second-order valence-electron chi connectivity index (χ2n) is 7.37. The Labute approximate surface area is 143 Å². The lowest BCUT2D eigenvalue weighted by molar-refractivity contribution is -0.106. The average molecular weight is 335 g/mol. The third kappa shape index (κ3) is 3.15. The van der Waals surface area contributed by atoms with Gasteiger partial charge in [0.15, 0.2) is 5.96 Å². The second kappa shape index (κ2) is 6.72. The summed E-state index contributed by atoms with van der Waals surface area (Å²) in [5.41, 5.74) is 0.879. The van der Waals surface area contributed by atoms with Crippen molar-refractivity contribution in [3.05, 3.63) is 18.0 Å². The molecular weight excluding hydrogens is 306 g/mol. The van der Waals surface area contributed by atoms with Gasteiger partial charge in [-0.3, -0.25) is 9.67 Å². The van der Waals surface area contributed by atoms with E-state index in [1.165, 1.54) is 0 Å². The zero-order valence-electron chi connectivity index (χ0n) is 15.0. The van der Waals surface area contributed by atoms with Gasteiger partial charge in [-0.05, 0) is 13.3 Å². The Morgan fingerprint density at radius 1 is 1.58 bits per heavy atom. The van der Waals surface area contributed by atoms with Crippen molar-refractivity contribution in [3.8, 4) is 0 Å². The molecule has 2 fully saturated rings. The van der Waals surface area contributed by atoms with E-state index in [9.17, 15) is 5.11 Å². The Kier molecular flexibility index (Phi) is 4.83. The lowest BCUT2D eigenvalue weighted by Gasteiger charge is -2.54. The van der Waals surface area contributed by atoms with Crippen LogP contribution >= 0.6 is 0 Å². The number of ether oxygens (including phenoxy) is 1. The number of hydrogen-bond donors (Lipinski definition) is 3. The molecule has 4 atom stereocenters. The summed E-state index contributed by atoms with van der Waals surface area (Å²) >= 11 is 0. The number of hydrogen-bond acceptors (Lipinski definition) is 4. The molecule has 0 spiro atoms. The molecule has 7 heteroatoms. The molecule has 4 unspecified atom stereocenters. The molecule has 1 saturated heterocycles. The molecule has 7 nitrogen and oxygen atoms in total. The topological polar surface area (TPSA) is 83.7 Å². The summed E-state index contributed by atoms with van der Waals surface area (Å²) in [4.78, 5) is 4.57. The van der Waals surface area contributed by atoms with E-state index in [1.807, 2.05) is 20.2 Å². The van der Waals surface area contributed by atoms with E-state index in [0.717, 1.165) is 31.1 Å². The van der Waals surface area contributed by atoms with Crippen molar-refractivity contribution >= 4 is 5.96 Å². The fraction of sp³-hybridized carbons (Fsp3) is 0.765. The Bertz CT molecular complexity index is 598. The first-order chi connectivity index (χ1) is 11.4. The third-order valence-corrected chi connectivity index (χ3v) is 5.27. The Morgan fingerprint density at radius 2 is 2.38 bits per heavy atom. The van der Waals surface area contributed by atoms with Crippen LogP contribution in [0.25, 0.3) is 0 Å². The van der Waals surface area contributed by atoms with Gasteiger partial charge < -0.3 is 20.5 Å². The standard InChI is InChI=1S/C17H29N5O2/c1-5-18-16(19-9-13(23)11-8-20-22(4)10-11)21-14-12-6-7-24-15(12)17(14,2)3/h8,10,12-15,23H,5-7,9H2,1-4H3,(H2,18,19,21). The first-order valence-corrected chi connectivity index (χ1v) is 8.76. The maximum atomic E-state index is 10.3. The number of aliphatic imine (C=N–C) groups is 1. The van der Waals surface area contributed by atoms with Crippen molar-refractivity contribution in [1.29, 1.82) is 0 Å². The van der Waals surface area contributed by atoms with Gasteiger partial charge in [-0.1, -0.05) is 13.8 Å². The van der Waals surface area contributed by atoms with Gasteiger partial charge in [0.25, 0.3) is 0 Å². The molecule has 1 aliphatic carbocycles. The highest BCUT2D eigenvalue weighted by Crippen LogP contribution is 2.52. The van der Waals surface area contributed by atoms with Gasteiger partial charge in [-0.2, -0.15) is 5.10 Å². The van der Waals surface area contributed by atoms with Crippen molar-refractivity contribution < 1.29 is 9.84 Å². The van der Waals surface area contributed by atoms with Crippen LogP contribution < -0.4 is 10.6 Å². The number of aromatic nitrogens is 2. The fourth-order valence-electron chi connectivity index (χ4n) is 3.98. The van der Waals surface area contributed by atoms with E-state index in [4.69, 9.17) is 4.74 Å². The minimum absolute atomic E-state index is 0.0966. The minimum atomic E-state index is -0.647. The monoisotopic (exact) mass is 335 g/mol. The summed E-state index contributed by atoms with van der Waals surface area (Å²) < 4.78 is 7.53. The first-order valence-electron chi connectivity index (χ1n) is 8.76. The predicted octanol–water partition coefficient (Wildman–Crippen LogP) is 0.822. The van der Waals surface area contributed by atoms with Gasteiger partial charge in [-0.15, -0.1) is 0 Å². The molecule has 0 bridgehead atoms. The smallest absolute Gasteiger partial charge is 0.191 e. The number of aliphatic hydroxyl groups excluding tert-OH is 1. The third-order valence-electron chi connectivity index (χ3n) is 5.27. The van der Waals surface area contributed by atoms with Crippen LogP contribution in [-0.4, -0.2) is 52.7 Å². The van der Waals surface area contributed by atoms with Crippen molar-refractivity contribution in [3.63, 3.8) is 0 Å². The number of nitrogens with zero attached hydrogens (tertiary/aromatic N) is 3. The summed E-state index contributed by atoms with van der Waals surface area (Å²) in [6.07, 6.45) is 4.29. The van der Waals surface area contributed by atoms with E-state index in [1.54, 1.807) is 10.9 Å². The van der Waals surface area contributed by atoms with Crippen molar-refractivity contribution in [1.82, 2.24) is 20.4 Å². The van der Waals surface area contributed by atoms with Crippen LogP contribution in [0, 0.1) is 11.3 Å². The van der Waals surface area contributed by atoms with Crippen molar-refractivity contribution in [2.75, 3.05) is 19.7 Å². The highest BCUT2D eigenvalue weighted by Gasteiger charge is 2.59. The molecule has 24 heavy (non-hydrogen) atoms. The first kappa shape index (κ1) is 17.2. The molecule has 0 aromatic carbocycles. The van der Waals surface area contributed by atoms with E-state index in [0.29, 0.717) is 24.6 Å². The number of nitrogens with one attached hydrogen (secondary N) is 2. The van der Waals surface area contributed by atoms with Crippen molar-refractivity contribution in [2.24, 2.45) is 23.4 Å². The van der Waals surface area contributed by atoms with Gasteiger partial charge >= 0.3 is 0 Å². The molecule has 0 radical (unpaired) electrons. The molecule has 1 aliphatic heterocycles. The van der Waals surface area contributed by atoms with Crippen LogP contribution in [0.2, 0.25) is 0 Å². The van der Waals surface area contributed by atoms with E-state index < -0.39 is 6.10 Å². The lowest BCUT2D eigenvalue weighted by Crippen LogP contribution is -2.68. The van der Waals surface area contributed by atoms with Crippen LogP contribution in [0.4, 0.5) is 0 Å². The van der Waals surface area contributed by atoms with Gasteiger partial charge in [0.1, 0.15) is 6.10 Å². The predicted molar refractivity (Wildman–Crippen MR) is 92.7 cm³/mol. The highest BCUT2D eigenvalue weighted by atomic mass is 16.5. The minimum Gasteiger partial charge on any atom is -0.386 e. The van der Waals surface area contributed by atoms with Crippen LogP contribution in [0.5, 0.6) is 0 Å². The molecule has 1 aromatic heterocycles. The molecule has 3 N–H and O–H groups in total. The number of rotatable bonds is 5. The normalized spacial score (nSPS) is 29.7. The molecule has 0 amide bonds. The summed E-state index contributed by atoms with van der Waals surface area (Å²) in [5.74, 6) is 1.30. The van der Waals surface area contributed by atoms with Crippen LogP contribution in [0.1, 0.15) is 38.9 Å². The number of aliphatic hydroxyl groups is 1. The summed E-state index contributed by atoms with van der Waals surface area (Å²) in [6, 6.07) is 0.346. The fourth-order valence-corrected chi connectivity index (χ4v) is 3.98. The molecule has 2 aliphatic rings. The Morgan fingerprint density at radius 3 is 3.04 bits per heavy atom. The summed E-state index contributed by atoms with van der Waals surface area (Å²) in [6.45, 7) is 8.47. The summed E-state index contributed by atoms with van der Waals surface area (Å²) in [5, 5.41) is 21.2. The van der Waals surface area contributed by atoms with Gasteiger partial charge in [-0.25, -0.2) is 0 Å². The van der Waals surface area contributed by atoms with Crippen LogP contribution in [0.3, 0.4) is 0 Å². The van der Waals surface area contributed by atoms with Gasteiger partial charge in [0, 0.05) is 49.3 Å². The second-order valence-corrected chi connectivity index (χ2v) is 7.37. The molecule has 134 valence electrons. The van der Waals surface area contributed by atoms with E-state index in [2.05, 4.69) is 34.6 Å². The van der Waals surface area contributed by atoms with Gasteiger partial charge in [0.2, 0.25) is 0 Å². The molecule has 2 heterocycles. The molecule has 1 aromatic rings. The average Bonchev–Trinajstić information content (AvgIpc) is 3.17. The van der Waals surface area contributed by atoms with E-state index >= 15 is 0 Å². The Balaban J connectivity index is 1.64. The quantitative estimate of drug-likeness (QED) is 0.548. The number of fused-ring (bicyclic) bond motifs is 1. The van der Waals surface area contributed by atoms with Crippen LogP contribution in [0.15, 0.2) is 17.4 Å². The highest BCUT2D eigenvalue weighted by molar-refractivity contribution is 5.80. The lowest BCUT2D eigenvalue weighted by atomic mass is 9.57. The number of aryl methyl sites for hydroxylation is 1. The molecule has 3 rings (SSSR count). The maximum absolute atomic E-state index is 10.3. The van der Waals surface area contributed by atoms with E-state index in [-0.39, 0.29) is 5.41 Å². The van der Waals surface area contributed by atoms with Gasteiger partial charge in [0.05, 0.1) is 18.8 Å². The summed E-state index contributed by atoms with van der Waals surface area (Å²) in [7, 11) is 1.84. The van der Waals surface area contributed by atoms with Crippen molar-refractivity contribution in [2.45, 2.75) is 45.4 Å². The SMILES string of the molecule is CCNC(=NCC(O)c1cnn(C)c1)NC1C2CCOC2C1(C)C.